The van der Waals surface area contributed by atoms with Crippen LogP contribution >= 0.6 is 0 Å². The summed E-state index contributed by atoms with van der Waals surface area (Å²) in [5.41, 5.74) is 1.27. The first kappa shape index (κ1) is 17.1. The third kappa shape index (κ3) is 5.18. The normalized spacial score (nSPS) is 16.7. The fourth-order valence-corrected chi connectivity index (χ4v) is 2.87. The molecule has 0 amide bonds. The van der Waals surface area contributed by atoms with Gasteiger partial charge in [0.1, 0.15) is 11.5 Å². The first-order valence-corrected chi connectivity index (χ1v) is 8.52. The van der Waals surface area contributed by atoms with Gasteiger partial charge in [-0.2, -0.15) is 0 Å². The number of rotatable bonds is 8. The molecule has 0 unspecified atom stereocenters. The minimum absolute atomic E-state index is 0.703. The fourth-order valence-electron chi connectivity index (χ4n) is 2.87. The van der Waals surface area contributed by atoms with Gasteiger partial charge in [-0.3, -0.25) is 0 Å². The number of likely N-dealkylation sites (N-methyl/N-ethyl adjacent to an activating group) is 1. The predicted octanol–water partition coefficient (Wildman–Crippen LogP) is 2.66. The smallest absolute Gasteiger partial charge is 0.122 e. The van der Waals surface area contributed by atoms with E-state index in [1.807, 2.05) is 26.0 Å². The number of hydrogen-bond acceptors (Lipinski definition) is 4. The average Bonchev–Trinajstić information content (AvgIpc) is 2.52. The zero-order valence-electron chi connectivity index (χ0n) is 14.3. The highest BCUT2D eigenvalue weighted by Crippen LogP contribution is 2.26. The number of nitrogens with zero attached hydrogens (tertiary/aromatic N) is 2. The summed E-state index contributed by atoms with van der Waals surface area (Å²) in [6.07, 6.45) is 2.21. The van der Waals surface area contributed by atoms with Gasteiger partial charge < -0.3 is 19.3 Å². The van der Waals surface area contributed by atoms with E-state index < -0.39 is 0 Å². The molecule has 1 fully saturated rings. The molecule has 4 nitrogen and oxygen atoms in total. The van der Waals surface area contributed by atoms with Crippen LogP contribution in [-0.2, 0) is 6.42 Å². The SMILES string of the molecule is CCOc1ccc(OCC)c(CCCN2CCN(C)CC2)c1. The maximum absolute atomic E-state index is 5.75. The number of aryl methyl sites for hydroxylation is 1. The van der Waals surface area contributed by atoms with Crippen LogP contribution in [0.3, 0.4) is 0 Å². The van der Waals surface area contributed by atoms with E-state index in [0.717, 1.165) is 24.5 Å². The second-order valence-corrected chi connectivity index (χ2v) is 5.88. The van der Waals surface area contributed by atoms with Gasteiger partial charge in [-0.25, -0.2) is 0 Å². The topological polar surface area (TPSA) is 24.9 Å². The number of benzene rings is 1. The van der Waals surface area contributed by atoms with Crippen molar-refractivity contribution in [1.82, 2.24) is 9.80 Å². The molecule has 1 heterocycles. The average molecular weight is 306 g/mol. The lowest BCUT2D eigenvalue weighted by Crippen LogP contribution is -2.44. The van der Waals surface area contributed by atoms with E-state index >= 15 is 0 Å². The van der Waals surface area contributed by atoms with Crippen molar-refractivity contribution in [3.8, 4) is 11.5 Å². The summed E-state index contributed by atoms with van der Waals surface area (Å²) in [6.45, 7) is 11.4. The van der Waals surface area contributed by atoms with E-state index in [1.165, 1.54) is 38.2 Å². The third-order valence-corrected chi connectivity index (χ3v) is 4.16. The molecule has 1 saturated heterocycles. The Morgan fingerprint density at radius 1 is 1.00 bits per heavy atom. The molecule has 22 heavy (non-hydrogen) atoms. The first-order valence-electron chi connectivity index (χ1n) is 8.52. The summed E-state index contributed by atoms with van der Waals surface area (Å²) < 4.78 is 11.4. The Balaban J connectivity index is 1.88. The second-order valence-electron chi connectivity index (χ2n) is 5.88. The van der Waals surface area contributed by atoms with E-state index in [9.17, 15) is 0 Å². The van der Waals surface area contributed by atoms with Crippen LogP contribution in [0.15, 0.2) is 18.2 Å². The molecule has 0 N–H and O–H groups in total. The van der Waals surface area contributed by atoms with Gasteiger partial charge in [0.2, 0.25) is 0 Å². The van der Waals surface area contributed by atoms with Crippen LogP contribution in [0.4, 0.5) is 0 Å². The fraction of sp³-hybridized carbons (Fsp3) is 0.667. The summed E-state index contributed by atoms with van der Waals surface area (Å²) in [5.74, 6) is 1.95. The molecule has 1 aromatic rings. The van der Waals surface area contributed by atoms with Gasteiger partial charge >= 0.3 is 0 Å². The van der Waals surface area contributed by atoms with Crippen molar-refractivity contribution in [2.45, 2.75) is 26.7 Å². The molecule has 1 aliphatic heterocycles. The minimum Gasteiger partial charge on any atom is -0.494 e. The Morgan fingerprint density at radius 3 is 2.41 bits per heavy atom. The zero-order valence-corrected chi connectivity index (χ0v) is 14.3. The summed E-state index contributed by atoms with van der Waals surface area (Å²) in [5, 5.41) is 0. The van der Waals surface area contributed by atoms with Gasteiger partial charge in [-0.1, -0.05) is 0 Å². The van der Waals surface area contributed by atoms with Crippen molar-refractivity contribution in [3.63, 3.8) is 0 Å². The van der Waals surface area contributed by atoms with Crippen molar-refractivity contribution in [2.75, 3.05) is 53.0 Å². The Hall–Kier alpha value is -1.26. The van der Waals surface area contributed by atoms with Gasteiger partial charge in [0.05, 0.1) is 13.2 Å². The molecule has 0 aliphatic carbocycles. The van der Waals surface area contributed by atoms with Crippen LogP contribution in [-0.4, -0.2) is 62.8 Å². The van der Waals surface area contributed by atoms with Crippen LogP contribution in [0.5, 0.6) is 11.5 Å². The zero-order chi connectivity index (χ0) is 15.8. The molecular weight excluding hydrogens is 276 g/mol. The lowest BCUT2D eigenvalue weighted by Gasteiger charge is -2.32. The standard InChI is InChI=1S/C18H30N2O2/c1-4-21-17-8-9-18(22-5-2)16(15-17)7-6-10-20-13-11-19(3)12-14-20/h8-9,15H,4-7,10-14H2,1-3H3. The summed E-state index contributed by atoms with van der Waals surface area (Å²) in [7, 11) is 2.20. The van der Waals surface area contributed by atoms with E-state index in [2.05, 4.69) is 22.9 Å². The van der Waals surface area contributed by atoms with E-state index in [1.54, 1.807) is 0 Å². The van der Waals surface area contributed by atoms with Crippen LogP contribution in [0.25, 0.3) is 0 Å². The Bertz CT molecular complexity index is 443. The Morgan fingerprint density at radius 2 is 1.73 bits per heavy atom. The Labute approximate surface area is 135 Å². The molecule has 0 aromatic heterocycles. The largest absolute Gasteiger partial charge is 0.494 e. The lowest BCUT2D eigenvalue weighted by molar-refractivity contribution is 0.153. The summed E-state index contributed by atoms with van der Waals surface area (Å²) >= 11 is 0. The molecule has 0 radical (unpaired) electrons. The number of hydrogen-bond donors (Lipinski definition) is 0. The lowest BCUT2D eigenvalue weighted by atomic mass is 10.1. The molecule has 1 aliphatic rings. The van der Waals surface area contributed by atoms with Gasteiger partial charge in [0.15, 0.2) is 0 Å². The van der Waals surface area contributed by atoms with Gasteiger partial charge in [-0.05, 0) is 64.0 Å². The van der Waals surface area contributed by atoms with Crippen LogP contribution in [0.1, 0.15) is 25.8 Å². The van der Waals surface area contributed by atoms with E-state index in [0.29, 0.717) is 13.2 Å². The maximum Gasteiger partial charge on any atom is 0.122 e. The molecule has 2 rings (SSSR count). The monoisotopic (exact) mass is 306 g/mol. The first-order chi connectivity index (χ1) is 10.7. The van der Waals surface area contributed by atoms with Gasteiger partial charge in [-0.15, -0.1) is 0 Å². The van der Waals surface area contributed by atoms with Crippen LogP contribution in [0.2, 0.25) is 0 Å². The van der Waals surface area contributed by atoms with Crippen LogP contribution in [0, 0.1) is 0 Å². The third-order valence-electron chi connectivity index (χ3n) is 4.16. The molecule has 1 aromatic carbocycles. The summed E-state index contributed by atoms with van der Waals surface area (Å²) in [6, 6.07) is 6.18. The van der Waals surface area contributed by atoms with Crippen molar-refractivity contribution in [1.29, 1.82) is 0 Å². The van der Waals surface area contributed by atoms with E-state index in [-0.39, 0.29) is 0 Å². The molecular formula is C18H30N2O2. The number of ether oxygens (including phenoxy) is 2. The molecule has 0 atom stereocenters. The molecule has 124 valence electrons. The predicted molar refractivity (Wildman–Crippen MR) is 91.0 cm³/mol. The quantitative estimate of drug-likeness (QED) is 0.737. The molecule has 0 saturated carbocycles. The van der Waals surface area contributed by atoms with Crippen LogP contribution < -0.4 is 9.47 Å². The van der Waals surface area contributed by atoms with Crippen molar-refractivity contribution in [3.05, 3.63) is 23.8 Å². The molecule has 0 bridgehead atoms. The number of piperazine rings is 1. The minimum atomic E-state index is 0.703. The van der Waals surface area contributed by atoms with Crippen molar-refractivity contribution < 1.29 is 9.47 Å². The molecule has 4 heteroatoms. The molecule has 0 spiro atoms. The van der Waals surface area contributed by atoms with Gasteiger partial charge in [0.25, 0.3) is 0 Å². The highest BCUT2D eigenvalue weighted by molar-refractivity contribution is 5.40. The Kier molecular flexibility index (Phi) is 7.00. The van der Waals surface area contributed by atoms with E-state index in [4.69, 9.17) is 9.47 Å². The summed E-state index contributed by atoms with van der Waals surface area (Å²) in [4.78, 5) is 4.96. The highest BCUT2D eigenvalue weighted by atomic mass is 16.5. The van der Waals surface area contributed by atoms with Crippen molar-refractivity contribution in [2.24, 2.45) is 0 Å². The van der Waals surface area contributed by atoms with Gasteiger partial charge in [0, 0.05) is 26.2 Å². The maximum atomic E-state index is 5.75. The van der Waals surface area contributed by atoms with Crippen molar-refractivity contribution >= 4 is 0 Å². The second kappa shape index (κ2) is 9.01. The highest BCUT2D eigenvalue weighted by Gasteiger charge is 2.13.